The lowest BCUT2D eigenvalue weighted by atomic mass is 10.1. The Kier molecular flexibility index (Phi) is 3.89. The van der Waals surface area contributed by atoms with Gasteiger partial charge in [0.05, 0.1) is 30.3 Å². The van der Waals surface area contributed by atoms with Gasteiger partial charge in [-0.2, -0.15) is 0 Å². The quantitative estimate of drug-likeness (QED) is 0.552. The number of fused-ring (bicyclic) bond motifs is 2. The number of amides is 1. The van der Waals surface area contributed by atoms with Crippen molar-refractivity contribution in [1.82, 2.24) is 15.3 Å². The predicted molar refractivity (Wildman–Crippen MR) is 96.3 cm³/mol. The van der Waals surface area contributed by atoms with Crippen LogP contribution >= 0.6 is 0 Å². The number of aromatic amines is 1. The van der Waals surface area contributed by atoms with Gasteiger partial charge in [-0.05, 0) is 24.3 Å². The van der Waals surface area contributed by atoms with Crippen molar-refractivity contribution >= 4 is 27.9 Å². The third-order valence-electron chi connectivity index (χ3n) is 4.05. The molecule has 2 N–H and O–H groups in total. The van der Waals surface area contributed by atoms with Crippen molar-refractivity contribution in [3.05, 3.63) is 70.3 Å². The zero-order valence-electron chi connectivity index (χ0n) is 13.9. The molecule has 4 aromatic rings. The van der Waals surface area contributed by atoms with Gasteiger partial charge in [-0.3, -0.25) is 4.79 Å². The minimum atomic E-state index is -0.598. The maximum atomic E-state index is 12.6. The van der Waals surface area contributed by atoms with Crippen molar-refractivity contribution in [1.29, 1.82) is 0 Å². The highest BCUT2D eigenvalue weighted by Crippen LogP contribution is 2.22. The number of nitrogens with one attached hydrogen (secondary N) is 2. The van der Waals surface area contributed by atoms with Gasteiger partial charge in [-0.25, -0.2) is 9.78 Å². The lowest BCUT2D eigenvalue weighted by Gasteiger charge is -2.07. The fraction of sp³-hybridized carbons (Fsp3) is 0.105. The summed E-state index contributed by atoms with van der Waals surface area (Å²) in [6.07, 6.45) is 0. The van der Waals surface area contributed by atoms with E-state index in [-0.39, 0.29) is 18.0 Å². The highest BCUT2D eigenvalue weighted by molar-refractivity contribution is 6.05. The number of aromatic nitrogens is 2. The van der Waals surface area contributed by atoms with Crippen LogP contribution in [0.5, 0.6) is 5.75 Å². The summed E-state index contributed by atoms with van der Waals surface area (Å²) in [5.74, 6) is 0.794. The van der Waals surface area contributed by atoms with Crippen LogP contribution < -0.4 is 15.7 Å². The van der Waals surface area contributed by atoms with E-state index < -0.39 is 5.63 Å². The Balaban J connectivity index is 1.62. The molecule has 7 heteroatoms. The van der Waals surface area contributed by atoms with E-state index in [9.17, 15) is 9.59 Å². The number of hydrogen-bond donors (Lipinski definition) is 2. The van der Waals surface area contributed by atoms with Crippen molar-refractivity contribution < 1.29 is 13.9 Å². The molecule has 0 aliphatic heterocycles. The number of rotatable bonds is 4. The van der Waals surface area contributed by atoms with Crippen molar-refractivity contribution in [3.63, 3.8) is 0 Å². The number of H-pyrrole nitrogens is 1. The summed E-state index contributed by atoms with van der Waals surface area (Å²) in [6.45, 7) is 0.214. The average molecular weight is 349 g/mol. The molecule has 0 radical (unpaired) electrons. The summed E-state index contributed by atoms with van der Waals surface area (Å²) >= 11 is 0. The molecule has 130 valence electrons. The first kappa shape index (κ1) is 15.9. The molecule has 0 bridgehead atoms. The largest absolute Gasteiger partial charge is 0.497 e. The van der Waals surface area contributed by atoms with E-state index in [1.807, 2.05) is 24.3 Å². The molecule has 2 aromatic heterocycles. The molecule has 2 aromatic carbocycles. The molecular formula is C19H15N3O4. The lowest BCUT2D eigenvalue weighted by molar-refractivity contribution is 0.0951. The van der Waals surface area contributed by atoms with Gasteiger partial charge in [0.25, 0.3) is 5.91 Å². The Bertz CT molecular complexity index is 1140. The van der Waals surface area contributed by atoms with Crippen molar-refractivity contribution in [2.75, 3.05) is 7.11 Å². The fourth-order valence-electron chi connectivity index (χ4n) is 2.81. The number of carbonyl (C=O) groups excluding carboxylic acids is 1. The summed E-state index contributed by atoms with van der Waals surface area (Å²) < 4.78 is 10.3. The smallest absolute Gasteiger partial charge is 0.337 e. The number of ether oxygens (including phenoxy) is 1. The Labute approximate surface area is 147 Å². The number of benzene rings is 2. The third-order valence-corrected chi connectivity index (χ3v) is 4.05. The standard InChI is InChI=1S/C19H15N3O4/c1-25-11-6-7-12-13(9-18(23)26-16(12)8-11)19(24)20-10-17-21-14-4-2-3-5-15(14)22-17/h2-9H,10H2,1H3,(H,20,24)(H,21,22). The molecular weight excluding hydrogens is 334 g/mol. The number of nitrogens with zero attached hydrogens (tertiary/aromatic N) is 1. The number of methoxy groups -OCH3 is 1. The highest BCUT2D eigenvalue weighted by atomic mass is 16.5. The molecule has 1 amide bonds. The summed E-state index contributed by atoms with van der Waals surface area (Å²) in [5.41, 5.74) is 1.67. The Morgan fingerprint density at radius 1 is 1.23 bits per heavy atom. The predicted octanol–water partition coefficient (Wildman–Crippen LogP) is 2.61. The first-order valence-corrected chi connectivity index (χ1v) is 7.98. The van der Waals surface area contributed by atoms with Crippen LogP contribution in [0.15, 0.2) is 57.7 Å². The molecule has 0 spiro atoms. The van der Waals surface area contributed by atoms with Crippen LogP contribution in [0.25, 0.3) is 22.0 Å². The molecule has 0 atom stereocenters. The first-order chi connectivity index (χ1) is 12.6. The topological polar surface area (TPSA) is 97.2 Å². The van der Waals surface area contributed by atoms with Crippen LogP contribution in [0.2, 0.25) is 0 Å². The number of hydrogen-bond acceptors (Lipinski definition) is 5. The fourth-order valence-corrected chi connectivity index (χ4v) is 2.81. The average Bonchev–Trinajstić information content (AvgIpc) is 3.07. The Morgan fingerprint density at radius 3 is 2.88 bits per heavy atom. The SMILES string of the molecule is COc1ccc2c(C(=O)NCc3nc4ccccc4[nH]3)cc(=O)oc2c1. The molecule has 0 saturated heterocycles. The van der Waals surface area contributed by atoms with Crippen LogP contribution in [0, 0.1) is 0 Å². The van der Waals surface area contributed by atoms with Gasteiger partial charge in [0.1, 0.15) is 17.2 Å². The summed E-state index contributed by atoms with van der Waals surface area (Å²) in [6, 6.07) is 13.8. The second kappa shape index (κ2) is 6.36. The van der Waals surface area contributed by atoms with Gasteiger partial charge >= 0.3 is 5.63 Å². The van der Waals surface area contributed by atoms with Crippen molar-refractivity contribution in [2.45, 2.75) is 6.54 Å². The van der Waals surface area contributed by atoms with Crippen LogP contribution in [-0.2, 0) is 6.54 Å². The molecule has 0 aliphatic rings. The van der Waals surface area contributed by atoms with Gasteiger partial charge < -0.3 is 19.5 Å². The number of para-hydroxylation sites is 2. The van der Waals surface area contributed by atoms with E-state index >= 15 is 0 Å². The monoisotopic (exact) mass is 349 g/mol. The Hall–Kier alpha value is -3.61. The zero-order valence-corrected chi connectivity index (χ0v) is 13.9. The summed E-state index contributed by atoms with van der Waals surface area (Å²) in [5, 5.41) is 3.31. The molecule has 7 nitrogen and oxygen atoms in total. The van der Waals surface area contributed by atoms with Gasteiger partial charge in [0.2, 0.25) is 0 Å². The van der Waals surface area contributed by atoms with Crippen LogP contribution in [-0.4, -0.2) is 23.0 Å². The second-order valence-corrected chi connectivity index (χ2v) is 5.72. The normalized spacial score (nSPS) is 11.0. The zero-order chi connectivity index (χ0) is 18.1. The van der Waals surface area contributed by atoms with Crippen molar-refractivity contribution in [2.24, 2.45) is 0 Å². The van der Waals surface area contributed by atoms with Gasteiger partial charge in [0.15, 0.2) is 0 Å². The summed E-state index contributed by atoms with van der Waals surface area (Å²) in [4.78, 5) is 31.9. The van der Waals surface area contributed by atoms with E-state index in [0.717, 1.165) is 11.0 Å². The van der Waals surface area contributed by atoms with Gasteiger partial charge in [-0.15, -0.1) is 0 Å². The van der Waals surface area contributed by atoms with Crippen LogP contribution in [0.1, 0.15) is 16.2 Å². The highest BCUT2D eigenvalue weighted by Gasteiger charge is 2.14. The number of carbonyl (C=O) groups is 1. The molecule has 0 fully saturated rings. The van der Waals surface area contributed by atoms with E-state index in [4.69, 9.17) is 9.15 Å². The minimum Gasteiger partial charge on any atom is -0.497 e. The molecule has 2 heterocycles. The summed E-state index contributed by atoms with van der Waals surface area (Å²) in [7, 11) is 1.52. The Morgan fingerprint density at radius 2 is 2.08 bits per heavy atom. The van der Waals surface area contributed by atoms with Gasteiger partial charge in [-0.1, -0.05) is 12.1 Å². The van der Waals surface area contributed by atoms with Crippen LogP contribution in [0.4, 0.5) is 0 Å². The molecule has 0 unspecified atom stereocenters. The molecule has 0 aliphatic carbocycles. The van der Waals surface area contributed by atoms with E-state index in [2.05, 4.69) is 15.3 Å². The maximum Gasteiger partial charge on any atom is 0.337 e. The molecule has 26 heavy (non-hydrogen) atoms. The maximum absolute atomic E-state index is 12.6. The van der Waals surface area contributed by atoms with E-state index in [0.29, 0.717) is 22.5 Å². The number of imidazole rings is 1. The molecule has 4 rings (SSSR count). The lowest BCUT2D eigenvalue weighted by Crippen LogP contribution is -2.24. The van der Waals surface area contributed by atoms with E-state index in [1.165, 1.54) is 13.2 Å². The third kappa shape index (κ3) is 2.90. The van der Waals surface area contributed by atoms with Crippen LogP contribution in [0.3, 0.4) is 0 Å². The van der Waals surface area contributed by atoms with E-state index in [1.54, 1.807) is 18.2 Å². The first-order valence-electron chi connectivity index (χ1n) is 7.98. The van der Waals surface area contributed by atoms with Crippen molar-refractivity contribution in [3.8, 4) is 5.75 Å². The van der Waals surface area contributed by atoms with Gasteiger partial charge in [0, 0.05) is 17.5 Å². The minimum absolute atomic E-state index is 0.214. The second-order valence-electron chi connectivity index (χ2n) is 5.72. The molecule has 0 saturated carbocycles.